The Kier molecular flexibility index (Phi) is 2.84. The second-order valence-corrected chi connectivity index (χ2v) is 3.93. The van der Waals surface area contributed by atoms with Crippen molar-refractivity contribution in [1.82, 2.24) is 9.88 Å². The molecule has 14 heavy (non-hydrogen) atoms. The maximum atomic E-state index is 5.65. The normalized spacial score (nSPS) is 29.3. The van der Waals surface area contributed by atoms with Gasteiger partial charge < -0.3 is 9.15 Å². The summed E-state index contributed by atoms with van der Waals surface area (Å²) in [6, 6.07) is 0. The second-order valence-electron chi connectivity index (χ2n) is 3.93. The molecule has 1 aromatic heterocycles. The molecule has 2 rings (SSSR count). The van der Waals surface area contributed by atoms with E-state index in [-0.39, 0.29) is 0 Å². The summed E-state index contributed by atoms with van der Waals surface area (Å²) in [5, 5.41) is 0. The first kappa shape index (κ1) is 9.68. The van der Waals surface area contributed by atoms with Gasteiger partial charge >= 0.3 is 0 Å². The molecule has 4 nitrogen and oxygen atoms in total. The molecule has 0 amide bonds. The van der Waals surface area contributed by atoms with E-state index in [1.807, 2.05) is 0 Å². The van der Waals surface area contributed by atoms with Gasteiger partial charge in [0.25, 0.3) is 0 Å². The Balaban J connectivity index is 1.91. The Morgan fingerprint density at radius 2 is 2.14 bits per heavy atom. The van der Waals surface area contributed by atoms with E-state index in [1.165, 1.54) is 6.39 Å². The van der Waals surface area contributed by atoms with Crippen LogP contribution in [-0.4, -0.2) is 35.2 Å². The van der Waals surface area contributed by atoms with Gasteiger partial charge in [0.1, 0.15) is 6.26 Å². The van der Waals surface area contributed by atoms with Crippen molar-refractivity contribution in [2.45, 2.75) is 32.6 Å². The van der Waals surface area contributed by atoms with Gasteiger partial charge in [0.05, 0.1) is 17.9 Å². The molecule has 0 aromatic carbocycles. The predicted octanol–water partition coefficient (Wildman–Crippen LogP) is 1.28. The molecule has 1 aliphatic rings. The van der Waals surface area contributed by atoms with Crippen LogP contribution in [-0.2, 0) is 11.3 Å². The molecule has 0 spiro atoms. The first-order valence-corrected chi connectivity index (χ1v) is 4.99. The average molecular weight is 196 g/mol. The van der Waals surface area contributed by atoms with Crippen LogP contribution in [0.3, 0.4) is 0 Å². The van der Waals surface area contributed by atoms with Gasteiger partial charge in [0.2, 0.25) is 0 Å². The van der Waals surface area contributed by atoms with Gasteiger partial charge in [-0.15, -0.1) is 0 Å². The molecule has 0 bridgehead atoms. The van der Waals surface area contributed by atoms with Crippen molar-refractivity contribution in [3.8, 4) is 0 Å². The van der Waals surface area contributed by atoms with Crippen molar-refractivity contribution in [2.24, 2.45) is 0 Å². The largest absolute Gasteiger partial charge is 0.451 e. The van der Waals surface area contributed by atoms with E-state index in [2.05, 4.69) is 23.7 Å². The van der Waals surface area contributed by atoms with E-state index in [0.29, 0.717) is 12.2 Å². The lowest BCUT2D eigenvalue weighted by Gasteiger charge is -2.34. The zero-order valence-electron chi connectivity index (χ0n) is 8.64. The number of aromatic nitrogens is 1. The van der Waals surface area contributed by atoms with Gasteiger partial charge in [0.15, 0.2) is 6.39 Å². The molecular formula is C10H16N2O2. The van der Waals surface area contributed by atoms with Crippen LogP contribution >= 0.6 is 0 Å². The number of oxazole rings is 1. The van der Waals surface area contributed by atoms with E-state index in [9.17, 15) is 0 Å². The Labute approximate surface area is 83.9 Å². The van der Waals surface area contributed by atoms with E-state index in [0.717, 1.165) is 25.3 Å². The highest BCUT2D eigenvalue weighted by Crippen LogP contribution is 2.12. The molecule has 1 aromatic rings. The summed E-state index contributed by atoms with van der Waals surface area (Å²) in [5.74, 6) is 0. The maximum Gasteiger partial charge on any atom is 0.180 e. The molecular weight excluding hydrogens is 180 g/mol. The van der Waals surface area contributed by atoms with Gasteiger partial charge in [-0.2, -0.15) is 0 Å². The van der Waals surface area contributed by atoms with Crippen LogP contribution in [0.15, 0.2) is 17.1 Å². The SMILES string of the molecule is CC1CN(Cc2cocn2)CC(C)O1. The lowest BCUT2D eigenvalue weighted by Crippen LogP contribution is -2.44. The minimum absolute atomic E-state index is 0.311. The second kappa shape index (κ2) is 4.11. The minimum Gasteiger partial charge on any atom is -0.451 e. The van der Waals surface area contributed by atoms with Crippen LogP contribution in [0.5, 0.6) is 0 Å². The fourth-order valence-electron chi connectivity index (χ4n) is 1.96. The Morgan fingerprint density at radius 1 is 1.43 bits per heavy atom. The molecule has 0 N–H and O–H groups in total. The molecule has 2 unspecified atom stereocenters. The van der Waals surface area contributed by atoms with E-state index in [1.54, 1.807) is 6.26 Å². The van der Waals surface area contributed by atoms with Crippen LogP contribution in [0, 0.1) is 0 Å². The molecule has 4 heteroatoms. The highest BCUT2D eigenvalue weighted by Gasteiger charge is 2.22. The summed E-state index contributed by atoms with van der Waals surface area (Å²) in [6.07, 6.45) is 3.80. The third kappa shape index (κ3) is 2.33. The molecule has 1 aliphatic heterocycles. The molecule has 1 fully saturated rings. The Hall–Kier alpha value is -0.870. The quantitative estimate of drug-likeness (QED) is 0.714. The van der Waals surface area contributed by atoms with Crippen LogP contribution in [0.25, 0.3) is 0 Å². The molecule has 1 saturated heterocycles. The summed E-state index contributed by atoms with van der Waals surface area (Å²) in [7, 11) is 0. The summed E-state index contributed by atoms with van der Waals surface area (Å²) in [4.78, 5) is 6.46. The molecule has 0 aliphatic carbocycles. The highest BCUT2D eigenvalue weighted by atomic mass is 16.5. The lowest BCUT2D eigenvalue weighted by atomic mass is 10.2. The number of rotatable bonds is 2. The average Bonchev–Trinajstić information content (AvgIpc) is 2.54. The van der Waals surface area contributed by atoms with Gasteiger partial charge in [-0.3, -0.25) is 4.90 Å². The van der Waals surface area contributed by atoms with E-state index in [4.69, 9.17) is 9.15 Å². The Morgan fingerprint density at radius 3 is 2.71 bits per heavy atom. The first-order valence-electron chi connectivity index (χ1n) is 4.99. The van der Waals surface area contributed by atoms with Crippen molar-refractivity contribution in [3.05, 3.63) is 18.4 Å². The molecule has 2 atom stereocenters. The van der Waals surface area contributed by atoms with Crippen molar-refractivity contribution >= 4 is 0 Å². The number of nitrogens with zero attached hydrogens (tertiary/aromatic N) is 2. The monoisotopic (exact) mass is 196 g/mol. The number of hydrogen-bond donors (Lipinski definition) is 0. The molecule has 0 radical (unpaired) electrons. The van der Waals surface area contributed by atoms with Crippen molar-refractivity contribution in [2.75, 3.05) is 13.1 Å². The van der Waals surface area contributed by atoms with Crippen molar-refractivity contribution < 1.29 is 9.15 Å². The zero-order chi connectivity index (χ0) is 9.97. The minimum atomic E-state index is 0.311. The highest BCUT2D eigenvalue weighted by molar-refractivity contribution is 4.91. The standard InChI is InChI=1S/C10H16N2O2/c1-8-3-12(4-9(2)14-8)5-10-6-13-7-11-10/h6-9H,3-5H2,1-2H3. The predicted molar refractivity (Wildman–Crippen MR) is 51.8 cm³/mol. The number of hydrogen-bond acceptors (Lipinski definition) is 4. The van der Waals surface area contributed by atoms with Crippen LogP contribution in [0.2, 0.25) is 0 Å². The lowest BCUT2D eigenvalue weighted by molar-refractivity contribution is -0.0707. The molecule has 2 heterocycles. The van der Waals surface area contributed by atoms with Crippen molar-refractivity contribution in [3.63, 3.8) is 0 Å². The summed E-state index contributed by atoms with van der Waals surface area (Å²) in [6.45, 7) is 7.00. The van der Waals surface area contributed by atoms with Gasteiger partial charge in [-0.25, -0.2) is 4.98 Å². The zero-order valence-corrected chi connectivity index (χ0v) is 8.64. The fraction of sp³-hybridized carbons (Fsp3) is 0.700. The first-order chi connectivity index (χ1) is 6.74. The maximum absolute atomic E-state index is 5.65. The van der Waals surface area contributed by atoms with E-state index < -0.39 is 0 Å². The van der Waals surface area contributed by atoms with Crippen LogP contribution in [0.1, 0.15) is 19.5 Å². The van der Waals surface area contributed by atoms with Gasteiger partial charge in [-0.1, -0.05) is 0 Å². The van der Waals surface area contributed by atoms with Crippen molar-refractivity contribution in [1.29, 1.82) is 0 Å². The molecule has 78 valence electrons. The smallest absolute Gasteiger partial charge is 0.180 e. The third-order valence-corrected chi connectivity index (χ3v) is 2.36. The topological polar surface area (TPSA) is 38.5 Å². The summed E-state index contributed by atoms with van der Waals surface area (Å²) in [5.41, 5.74) is 0.992. The summed E-state index contributed by atoms with van der Waals surface area (Å²) < 4.78 is 10.6. The molecule has 0 saturated carbocycles. The van der Waals surface area contributed by atoms with Gasteiger partial charge in [0, 0.05) is 19.6 Å². The fourth-order valence-corrected chi connectivity index (χ4v) is 1.96. The van der Waals surface area contributed by atoms with E-state index >= 15 is 0 Å². The number of morpholine rings is 1. The Bertz CT molecular complexity index is 264. The van der Waals surface area contributed by atoms with Gasteiger partial charge in [-0.05, 0) is 13.8 Å². The van der Waals surface area contributed by atoms with Crippen LogP contribution < -0.4 is 0 Å². The number of ether oxygens (including phenoxy) is 1. The third-order valence-electron chi connectivity index (χ3n) is 2.36. The summed E-state index contributed by atoms with van der Waals surface area (Å²) >= 11 is 0. The van der Waals surface area contributed by atoms with Crippen LogP contribution in [0.4, 0.5) is 0 Å².